The van der Waals surface area contributed by atoms with E-state index in [4.69, 9.17) is 4.74 Å². The van der Waals surface area contributed by atoms with Gasteiger partial charge in [0.05, 0.1) is 16.8 Å². The number of aromatic nitrogens is 2. The van der Waals surface area contributed by atoms with E-state index in [1.54, 1.807) is 12.1 Å². The molecular weight excluding hydrogens is 303 g/mol. The molecule has 1 aromatic carbocycles. The van der Waals surface area contributed by atoms with Crippen LogP contribution in [0.25, 0.3) is 11.4 Å². The molecule has 1 N–H and O–H groups in total. The van der Waals surface area contributed by atoms with Gasteiger partial charge in [0.1, 0.15) is 11.6 Å². The number of hydrogen-bond donors (Lipinski definition) is 1. The second-order valence-electron chi connectivity index (χ2n) is 3.65. The van der Waals surface area contributed by atoms with Crippen molar-refractivity contribution >= 4 is 15.9 Å². The van der Waals surface area contributed by atoms with Crippen LogP contribution >= 0.6 is 15.9 Å². The third-order valence-corrected chi connectivity index (χ3v) is 2.92. The highest BCUT2D eigenvalue weighted by atomic mass is 79.9. The van der Waals surface area contributed by atoms with E-state index in [1.165, 1.54) is 19.2 Å². The Bertz CT molecular complexity index is 628. The summed E-state index contributed by atoms with van der Waals surface area (Å²) in [4.78, 5) is 18.2. The number of rotatable bonds is 3. The number of hydrogen-bond acceptors (Lipinski definition) is 3. The van der Waals surface area contributed by atoms with Crippen LogP contribution in [0.2, 0.25) is 0 Å². The minimum absolute atomic E-state index is 0.232. The fraction of sp³-hybridized carbons (Fsp3) is 0.167. The highest BCUT2D eigenvalue weighted by Crippen LogP contribution is 2.21. The molecule has 0 amide bonds. The number of ether oxygens (including phenoxy) is 1. The Morgan fingerprint density at radius 2 is 2.22 bits per heavy atom. The van der Waals surface area contributed by atoms with Crippen LogP contribution in [0.3, 0.4) is 0 Å². The molecule has 1 aromatic heterocycles. The number of halogens is 2. The summed E-state index contributed by atoms with van der Waals surface area (Å²) in [6.45, 7) is 0.232. The molecule has 0 aliphatic carbocycles. The highest BCUT2D eigenvalue weighted by Gasteiger charge is 2.07. The van der Waals surface area contributed by atoms with Crippen molar-refractivity contribution in [2.75, 3.05) is 7.11 Å². The zero-order valence-electron chi connectivity index (χ0n) is 9.54. The quantitative estimate of drug-likeness (QED) is 0.947. The van der Waals surface area contributed by atoms with Crippen LogP contribution in [0.4, 0.5) is 4.39 Å². The molecule has 6 heteroatoms. The van der Waals surface area contributed by atoms with Gasteiger partial charge in [-0.3, -0.25) is 4.79 Å². The fourth-order valence-electron chi connectivity index (χ4n) is 1.51. The number of H-pyrrole nitrogens is 1. The topological polar surface area (TPSA) is 55.0 Å². The lowest BCUT2D eigenvalue weighted by molar-refractivity contribution is 0.181. The Hall–Kier alpha value is -1.53. The van der Waals surface area contributed by atoms with Gasteiger partial charge in [0.15, 0.2) is 0 Å². The van der Waals surface area contributed by atoms with Crippen LogP contribution in [-0.4, -0.2) is 17.1 Å². The zero-order valence-corrected chi connectivity index (χ0v) is 11.1. The summed E-state index contributed by atoms with van der Waals surface area (Å²) in [5.41, 5.74) is 0.709. The molecule has 0 spiro atoms. The van der Waals surface area contributed by atoms with Crippen molar-refractivity contribution in [3.05, 3.63) is 50.6 Å². The van der Waals surface area contributed by atoms with Crippen molar-refractivity contribution in [1.82, 2.24) is 9.97 Å². The lowest BCUT2D eigenvalue weighted by Crippen LogP contribution is -2.10. The zero-order chi connectivity index (χ0) is 13.1. The van der Waals surface area contributed by atoms with Gasteiger partial charge in [-0.25, -0.2) is 9.37 Å². The maximum atomic E-state index is 13.4. The molecule has 1 heterocycles. The van der Waals surface area contributed by atoms with E-state index < -0.39 is 5.82 Å². The van der Waals surface area contributed by atoms with E-state index >= 15 is 0 Å². The first kappa shape index (κ1) is 12.9. The van der Waals surface area contributed by atoms with Crippen molar-refractivity contribution in [1.29, 1.82) is 0 Å². The largest absolute Gasteiger partial charge is 0.378 e. The van der Waals surface area contributed by atoms with Gasteiger partial charge >= 0.3 is 0 Å². The predicted octanol–water partition coefficient (Wildman–Crippen LogP) is 2.48. The van der Waals surface area contributed by atoms with E-state index in [2.05, 4.69) is 25.9 Å². The maximum absolute atomic E-state index is 13.4. The standard InChI is InChI=1S/C12H10BrFN2O2/c1-18-6-8-5-11(17)16-12(15-8)7-2-3-9(13)10(14)4-7/h2-5H,6H2,1H3,(H,15,16,17). The van der Waals surface area contributed by atoms with Crippen LogP contribution in [-0.2, 0) is 11.3 Å². The first-order chi connectivity index (χ1) is 8.60. The van der Waals surface area contributed by atoms with Crippen LogP contribution in [0, 0.1) is 5.82 Å². The number of benzene rings is 1. The first-order valence-corrected chi connectivity index (χ1v) is 5.94. The minimum Gasteiger partial charge on any atom is -0.378 e. The van der Waals surface area contributed by atoms with Crippen molar-refractivity contribution in [2.24, 2.45) is 0 Å². The normalized spacial score (nSPS) is 10.6. The second-order valence-corrected chi connectivity index (χ2v) is 4.50. The predicted molar refractivity (Wildman–Crippen MR) is 68.7 cm³/mol. The SMILES string of the molecule is COCc1cc(=O)[nH]c(-c2ccc(Br)c(F)c2)n1. The van der Waals surface area contributed by atoms with Gasteiger partial charge in [0.25, 0.3) is 5.56 Å². The van der Waals surface area contributed by atoms with Crippen molar-refractivity contribution in [2.45, 2.75) is 6.61 Å². The van der Waals surface area contributed by atoms with Gasteiger partial charge in [-0.2, -0.15) is 0 Å². The van der Waals surface area contributed by atoms with Gasteiger partial charge < -0.3 is 9.72 Å². The monoisotopic (exact) mass is 312 g/mol. The van der Waals surface area contributed by atoms with Gasteiger partial charge in [0.2, 0.25) is 0 Å². The summed E-state index contributed by atoms with van der Waals surface area (Å²) < 4.78 is 18.7. The Labute approximate surface area is 111 Å². The summed E-state index contributed by atoms with van der Waals surface area (Å²) in [6.07, 6.45) is 0. The van der Waals surface area contributed by atoms with E-state index in [-0.39, 0.29) is 12.2 Å². The molecule has 2 rings (SSSR count). The number of methoxy groups -OCH3 is 1. The molecule has 4 nitrogen and oxygen atoms in total. The number of nitrogens with zero attached hydrogens (tertiary/aromatic N) is 1. The first-order valence-electron chi connectivity index (χ1n) is 5.15. The molecule has 2 aromatic rings. The van der Waals surface area contributed by atoms with Gasteiger partial charge in [0, 0.05) is 18.7 Å². The molecule has 0 aliphatic rings. The maximum Gasteiger partial charge on any atom is 0.251 e. The average molecular weight is 313 g/mol. The van der Waals surface area contributed by atoms with Crippen LogP contribution in [0.1, 0.15) is 5.69 Å². The molecule has 0 aliphatic heterocycles. The molecule has 0 atom stereocenters. The van der Waals surface area contributed by atoms with E-state index in [0.717, 1.165) is 0 Å². The lowest BCUT2D eigenvalue weighted by Gasteiger charge is -2.04. The third kappa shape index (κ3) is 2.83. The van der Waals surface area contributed by atoms with Crippen molar-refractivity contribution in [3.63, 3.8) is 0 Å². The van der Waals surface area contributed by atoms with Gasteiger partial charge in [-0.15, -0.1) is 0 Å². The van der Waals surface area contributed by atoms with Crippen LogP contribution < -0.4 is 5.56 Å². The summed E-state index contributed by atoms with van der Waals surface area (Å²) in [7, 11) is 1.52. The molecule has 0 saturated carbocycles. The van der Waals surface area contributed by atoms with Gasteiger partial charge in [-0.1, -0.05) is 0 Å². The number of aromatic amines is 1. The molecule has 0 unspecified atom stereocenters. The van der Waals surface area contributed by atoms with E-state index in [9.17, 15) is 9.18 Å². The van der Waals surface area contributed by atoms with Crippen LogP contribution in [0.5, 0.6) is 0 Å². The van der Waals surface area contributed by atoms with Crippen molar-refractivity contribution in [3.8, 4) is 11.4 Å². The lowest BCUT2D eigenvalue weighted by atomic mass is 10.2. The molecule has 18 heavy (non-hydrogen) atoms. The Kier molecular flexibility index (Phi) is 3.88. The molecule has 94 valence electrons. The van der Waals surface area contributed by atoms with Crippen LogP contribution in [0.15, 0.2) is 33.5 Å². The summed E-state index contributed by atoms with van der Waals surface area (Å²) in [5, 5.41) is 0. The molecule has 0 radical (unpaired) electrons. The second kappa shape index (κ2) is 5.41. The molecule has 0 fully saturated rings. The Balaban J connectivity index is 2.49. The Morgan fingerprint density at radius 3 is 2.89 bits per heavy atom. The third-order valence-electron chi connectivity index (χ3n) is 2.28. The van der Waals surface area contributed by atoms with E-state index in [1.807, 2.05) is 0 Å². The average Bonchev–Trinajstić information content (AvgIpc) is 2.32. The summed E-state index contributed by atoms with van der Waals surface area (Å²) in [5.74, 6) is -0.0896. The minimum atomic E-state index is -0.410. The number of nitrogens with one attached hydrogen (secondary N) is 1. The molecule has 0 saturated heterocycles. The highest BCUT2D eigenvalue weighted by molar-refractivity contribution is 9.10. The Morgan fingerprint density at radius 1 is 1.44 bits per heavy atom. The summed E-state index contributed by atoms with van der Waals surface area (Å²) in [6, 6.07) is 5.89. The van der Waals surface area contributed by atoms with Gasteiger partial charge in [-0.05, 0) is 34.1 Å². The van der Waals surface area contributed by atoms with E-state index in [0.29, 0.717) is 21.6 Å². The smallest absolute Gasteiger partial charge is 0.251 e. The fourth-order valence-corrected chi connectivity index (χ4v) is 1.76. The molecular formula is C12H10BrFN2O2. The van der Waals surface area contributed by atoms with Crippen molar-refractivity contribution < 1.29 is 9.13 Å². The molecule has 0 bridgehead atoms. The summed E-state index contributed by atoms with van der Waals surface area (Å²) >= 11 is 3.07.